The second-order valence-corrected chi connectivity index (χ2v) is 4.06. The highest BCUT2D eigenvalue weighted by molar-refractivity contribution is 8.00. The second kappa shape index (κ2) is 3.28. The molecule has 0 amide bonds. The van der Waals surface area contributed by atoms with Crippen molar-refractivity contribution in [2.24, 2.45) is 0 Å². The molecular weight excluding hydrogens is 168 g/mol. The maximum atomic E-state index is 9.42. The highest BCUT2D eigenvalue weighted by Gasteiger charge is 2.43. The van der Waals surface area contributed by atoms with Crippen molar-refractivity contribution in [1.29, 1.82) is 0 Å². The molecule has 5 heteroatoms. The Bertz CT molecular complexity index is 143. The third-order valence-corrected chi connectivity index (χ3v) is 3.13. The van der Waals surface area contributed by atoms with Gasteiger partial charge < -0.3 is 20.4 Å². The summed E-state index contributed by atoms with van der Waals surface area (Å²) in [5, 5.41) is 36.4. The molecule has 11 heavy (non-hydrogen) atoms. The van der Waals surface area contributed by atoms with Gasteiger partial charge in [-0.15, -0.1) is 11.8 Å². The van der Waals surface area contributed by atoms with Crippen molar-refractivity contribution in [2.45, 2.75) is 23.6 Å². The number of aliphatic hydroxyl groups is 4. The number of hydrogen-bond donors (Lipinski definition) is 4. The molecule has 1 fully saturated rings. The van der Waals surface area contributed by atoms with Gasteiger partial charge in [0.2, 0.25) is 0 Å². The van der Waals surface area contributed by atoms with E-state index in [4.69, 9.17) is 10.2 Å². The van der Waals surface area contributed by atoms with E-state index in [1.54, 1.807) is 0 Å². The Labute approximate surface area is 68.9 Å². The monoisotopic (exact) mass is 180 g/mol. The van der Waals surface area contributed by atoms with E-state index in [0.717, 1.165) is 11.8 Å². The molecule has 1 aliphatic heterocycles. The highest BCUT2D eigenvalue weighted by atomic mass is 32.2. The minimum absolute atomic E-state index is 0.453. The van der Waals surface area contributed by atoms with Crippen molar-refractivity contribution >= 4 is 11.8 Å². The van der Waals surface area contributed by atoms with Crippen LogP contribution in [0.25, 0.3) is 0 Å². The molecule has 1 unspecified atom stereocenters. The molecule has 0 saturated carbocycles. The van der Waals surface area contributed by atoms with Crippen LogP contribution >= 0.6 is 11.8 Å². The van der Waals surface area contributed by atoms with Crippen molar-refractivity contribution in [1.82, 2.24) is 0 Å². The maximum absolute atomic E-state index is 9.42. The summed E-state index contributed by atoms with van der Waals surface area (Å²) in [7, 11) is 0. The standard InChI is InChI=1S/C6H12O4S/c7-3-6(10)5(9)4(8)1-2-11-6/h4-5,7-10H,1-3H2/t4-,5-,6?/m0/s1. The molecule has 0 spiro atoms. The van der Waals surface area contributed by atoms with Gasteiger partial charge in [-0.25, -0.2) is 0 Å². The Balaban J connectivity index is 2.64. The van der Waals surface area contributed by atoms with Crippen LogP contribution in [-0.4, -0.2) is 49.9 Å². The molecule has 1 saturated heterocycles. The molecule has 4 N–H and O–H groups in total. The van der Waals surface area contributed by atoms with Crippen LogP contribution in [0.1, 0.15) is 6.42 Å². The third kappa shape index (κ3) is 1.68. The summed E-state index contributed by atoms with van der Waals surface area (Å²) in [6, 6.07) is 0. The van der Waals surface area contributed by atoms with Gasteiger partial charge in [0.1, 0.15) is 6.10 Å². The lowest BCUT2D eigenvalue weighted by molar-refractivity contribution is -0.100. The quantitative estimate of drug-likeness (QED) is 0.396. The molecule has 1 aliphatic rings. The van der Waals surface area contributed by atoms with Crippen LogP contribution in [0.3, 0.4) is 0 Å². The number of thioether (sulfide) groups is 1. The van der Waals surface area contributed by atoms with Gasteiger partial charge in [0.05, 0.1) is 12.7 Å². The Morgan fingerprint density at radius 2 is 2.09 bits per heavy atom. The molecular formula is C6H12O4S. The zero-order valence-electron chi connectivity index (χ0n) is 5.97. The first-order chi connectivity index (χ1) is 5.10. The fraction of sp³-hybridized carbons (Fsp3) is 1.00. The molecule has 0 bridgehead atoms. The molecule has 4 nitrogen and oxygen atoms in total. The molecule has 1 heterocycles. The zero-order chi connectivity index (χ0) is 8.48. The lowest BCUT2D eigenvalue weighted by Gasteiger charge is -2.37. The van der Waals surface area contributed by atoms with E-state index in [1.807, 2.05) is 0 Å². The summed E-state index contributed by atoms with van der Waals surface area (Å²) in [6.45, 7) is -0.532. The predicted octanol–water partition coefficient (Wildman–Crippen LogP) is -1.47. The van der Waals surface area contributed by atoms with E-state index < -0.39 is 23.7 Å². The Kier molecular flexibility index (Phi) is 2.77. The Morgan fingerprint density at radius 1 is 1.45 bits per heavy atom. The van der Waals surface area contributed by atoms with Crippen LogP contribution in [0, 0.1) is 0 Å². The lowest BCUT2D eigenvalue weighted by atomic mass is 10.1. The van der Waals surface area contributed by atoms with E-state index in [1.165, 1.54) is 0 Å². The van der Waals surface area contributed by atoms with Crippen LogP contribution < -0.4 is 0 Å². The minimum Gasteiger partial charge on any atom is -0.392 e. The zero-order valence-corrected chi connectivity index (χ0v) is 6.79. The maximum Gasteiger partial charge on any atom is 0.161 e. The molecule has 0 aromatic heterocycles. The Morgan fingerprint density at radius 3 is 2.55 bits per heavy atom. The van der Waals surface area contributed by atoms with Gasteiger partial charge in [0.15, 0.2) is 4.93 Å². The molecule has 0 aromatic carbocycles. The van der Waals surface area contributed by atoms with Gasteiger partial charge in [-0.1, -0.05) is 0 Å². The predicted molar refractivity (Wildman–Crippen MR) is 41.1 cm³/mol. The molecule has 0 radical (unpaired) electrons. The van der Waals surface area contributed by atoms with E-state index in [9.17, 15) is 10.2 Å². The van der Waals surface area contributed by atoms with Crippen LogP contribution in [0.2, 0.25) is 0 Å². The summed E-state index contributed by atoms with van der Waals surface area (Å²) < 4.78 is 0. The first-order valence-corrected chi connectivity index (χ1v) is 4.42. The smallest absolute Gasteiger partial charge is 0.161 e. The number of rotatable bonds is 1. The number of aliphatic hydroxyl groups excluding tert-OH is 3. The summed E-state index contributed by atoms with van der Waals surface area (Å²) in [5.74, 6) is 0.551. The second-order valence-electron chi connectivity index (χ2n) is 2.65. The third-order valence-electron chi connectivity index (χ3n) is 1.82. The van der Waals surface area contributed by atoms with Gasteiger partial charge in [-0.2, -0.15) is 0 Å². The van der Waals surface area contributed by atoms with E-state index >= 15 is 0 Å². The summed E-state index contributed by atoms with van der Waals surface area (Å²) in [4.78, 5) is -1.57. The van der Waals surface area contributed by atoms with E-state index in [-0.39, 0.29) is 0 Å². The average Bonchev–Trinajstić information content (AvgIpc) is 2.00. The van der Waals surface area contributed by atoms with Crippen LogP contribution in [0.15, 0.2) is 0 Å². The summed E-state index contributed by atoms with van der Waals surface area (Å²) >= 11 is 1.07. The largest absolute Gasteiger partial charge is 0.392 e. The first-order valence-electron chi connectivity index (χ1n) is 3.43. The number of hydrogen-bond acceptors (Lipinski definition) is 5. The van der Waals surface area contributed by atoms with Crippen LogP contribution in [0.5, 0.6) is 0 Å². The molecule has 0 aliphatic carbocycles. The molecule has 3 atom stereocenters. The summed E-state index contributed by atoms with van der Waals surface area (Å²) in [6.07, 6.45) is -1.71. The topological polar surface area (TPSA) is 80.9 Å². The van der Waals surface area contributed by atoms with Crippen molar-refractivity contribution in [3.8, 4) is 0 Å². The van der Waals surface area contributed by atoms with Gasteiger partial charge >= 0.3 is 0 Å². The van der Waals surface area contributed by atoms with Crippen molar-refractivity contribution < 1.29 is 20.4 Å². The summed E-state index contributed by atoms with van der Waals surface area (Å²) in [5.41, 5.74) is 0. The van der Waals surface area contributed by atoms with E-state index in [0.29, 0.717) is 12.2 Å². The SMILES string of the molecule is OCC1(O)SCC[C@H](O)[C@@H]1O. The normalized spacial score (nSPS) is 45.8. The van der Waals surface area contributed by atoms with Gasteiger partial charge in [-0.3, -0.25) is 0 Å². The average molecular weight is 180 g/mol. The van der Waals surface area contributed by atoms with Gasteiger partial charge in [-0.05, 0) is 12.2 Å². The van der Waals surface area contributed by atoms with Crippen molar-refractivity contribution in [3.05, 3.63) is 0 Å². The van der Waals surface area contributed by atoms with Gasteiger partial charge in [0.25, 0.3) is 0 Å². The van der Waals surface area contributed by atoms with E-state index in [2.05, 4.69) is 0 Å². The van der Waals surface area contributed by atoms with Crippen LogP contribution in [0.4, 0.5) is 0 Å². The van der Waals surface area contributed by atoms with Crippen LogP contribution in [-0.2, 0) is 0 Å². The fourth-order valence-corrected chi connectivity index (χ4v) is 2.17. The molecule has 66 valence electrons. The highest BCUT2D eigenvalue weighted by Crippen LogP contribution is 2.33. The van der Waals surface area contributed by atoms with Crippen molar-refractivity contribution in [3.63, 3.8) is 0 Å². The Hall–Kier alpha value is 0.190. The van der Waals surface area contributed by atoms with Crippen molar-refractivity contribution in [2.75, 3.05) is 12.4 Å². The first kappa shape index (κ1) is 9.28. The fourth-order valence-electron chi connectivity index (χ4n) is 1.04. The minimum atomic E-state index is -1.57. The molecule has 0 aromatic rings. The lowest BCUT2D eigenvalue weighted by Crippen LogP contribution is -2.52. The van der Waals surface area contributed by atoms with Gasteiger partial charge in [0, 0.05) is 0 Å². The molecule has 1 rings (SSSR count).